The van der Waals surface area contributed by atoms with E-state index in [4.69, 9.17) is 14.2 Å². The normalized spacial score (nSPS) is 13.7. The van der Waals surface area contributed by atoms with E-state index in [1.807, 2.05) is 66.7 Å². The molecule has 0 saturated carbocycles. The van der Waals surface area contributed by atoms with E-state index in [1.165, 1.54) is 26.2 Å². The number of hydrogen-bond acceptors (Lipinski definition) is 6. The molecule has 1 heterocycles. The average molecular weight is 524 g/mol. The number of nitrogens with zero attached hydrogens (tertiary/aromatic N) is 1. The fourth-order valence-corrected chi connectivity index (χ4v) is 5.14. The molecule has 39 heavy (non-hydrogen) atoms. The second-order valence-corrected chi connectivity index (χ2v) is 9.80. The zero-order valence-corrected chi connectivity index (χ0v) is 22.4. The average Bonchev–Trinajstić information content (AvgIpc) is 2.96. The maximum Gasteiger partial charge on any atom is 0.308 e. The highest BCUT2D eigenvalue weighted by Crippen LogP contribution is 2.35. The molecule has 1 aliphatic rings. The summed E-state index contributed by atoms with van der Waals surface area (Å²) < 4.78 is 16.7. The Morgan fingerprint density at radius 2 is 1.59 bits per heavy atom. The third kappa shape index (κ3) is 6.29. The summed E-state index contributed by atoms with van der Waals surface area (Å²) in [6.07, 6.45) is 3.83. The second-order valence-electron chi connectivity index (χ2n) is 9.80. The number of fused-ring (bicyclic) bond motifs is 1. The molecule has 0 unspecified atom stereocenters. The van der Waals surface area contributed by atoms with E-state index >= 15 is 0 Å². The zero-order chi connectivity index (χ0) is 27.2. The van der Waals surface area contributed by atoms with E-state index in [2.05, 4.69) is 4.90 Å². The molecule has 200 valence electrons. The molecule has 0 aromatic heterocycles. The number of benzene rings is 4. The maximum atomic E-state index is 14.0. The first-order valence-electron chi connectivity index (χ1n) is 13.4. The van der Waals surface area contributed by atoms with Crippen molar-refractivity contribution in [3.05, 3.63) is 90.0 Å². The fraction of sp³-hybridized carbons (Fsp3) is 0.273. The van der Waals surface area contributed by atoms with Crippen LogP contribution in [0, 0.1) is 0 Å². The SMILES string of the molecule is COc1ccc2c(C(=O)c3ccc(OCCN4CCCCC4)cc3)c(-c3cccc(OC(C)=O)c3)ccc2c1. The molecule has 0 N–H and O–H groups in total. The molecule has 1 saturated heterocycles. The van der Waals surface area contributed by atoms with Crippen molar-refractivity contribution in [2.45, 2.75) is 26.2 Å². The summed E-state index contributed by atoms with van der Waals surface area (Å²) in [5, 5.41) is 1.72. The van der Waals surface area contributed by atoms with Crippen LogP contribution in [-0.2, 0) is 4.79 Å². The van der Waals surface area contributed by atoms with Gasteiger partial charge in [-0.2, -0.15) is 0 Å². The number of carbonyl (C=O) groups excluding carboxylic acids is 2. The molecule has 6 heteroatoms. The third-order valence-electron chi connectivity index (χ3n) is 7.10. The predicted molar refractivity (Wildman–Crippen MR) is 153 cm³/mol. The molecule has 6 nitrogen and oxygen atoms in total. The van der Waals surface area contributed by atoms with Crippen molar-refractivity contribution in [1.82, 2.24) is 4.90 Å². The number of methoxy groups -OCH3 is 1. The predicted octanol–water partition coefficient (Wildman–Crippen LogP) is 6.54. The van der Waals surface area contributed by atoms with Gasteiger partial charge in [-0.15, -0.1) is 0 Å². The highest BCUT2D eigenvalue weighted by Gasteiger charge is 2.20. The summed E-state index contributed by atoms with van der Waals surface area (Å²) in [4.78, 5) is 28.0. The van der Waals surface area contributed by atoms with Crippen molar-refractivity contribution < 1.29 is 23.8 Å². The van der Waals surface area contributed by atoms with E-state index in [0.717, 1.165) is 53.0 Å². The molecule has 0 bridgehead atoms. The summed E-state index contributed by atoms with van der Waals surface area (Å²) in [5.74, 6) is 1.40. The van der Waals surface area contributed by atoms with Gasteiger partial charge in [0.1, 0.15) is 23.9 Å². The summed E-state index contributed by atoms with van der Waals surface area (Å²) in [5.41, 5.74) is 2.69. The van der Waals surface area contributed by atoms with Gasteiger partial charge in [-0.3, -0.25) is 14.5 Å². The number of ether oxygens (including phenoxy) is 3. The molecule has 0 amide bonds. The summed E-state index contributed by atoms with van der Waals surface area (Å²) in [7, 11) is 1.62. The Morgan fingerprint density at radius 3 is 2.33 bits per heavy atom. The lowest BCUT2D eigenvalue weighted by molar-refractivity contribution is -0.131. The largest absolute Gasteiger partial charge is 0.497 e. The summed E-state index contributed by atoms with van der Waals surface area (Å²) in [6.45, 7) is 5.18. The Bertz CT molecular complexity index is 1470. The zero-order valence-electron chi connectivity index (χ0n) is 22.4. The molecule has 1 aliphatic heterocycles. The quantitative estimate of drug-likeness (QED) is 0.141. The number of rotatable bonds is 9. The Balaban J connectivity index is 1.45. The van der Waals surface area contributed by atoms with Crippen LogP contribution in [-0.4, -0.2) is 50.0 Å². The lowest BCUT2D eigenvalue weighted by atomic mass is 9.89. The van der Waals surface area contributed by atoms with Crippen LogP contribution < -0.4 is 14.2 Å². The first kappa shape index (κ1) is 26.4. The van der Waals surface area contributed by atoms with E-state index in [9.17, 15) is 9.59 Å². The van der Waals surface area contributed by atoms with Crippen LogP contribution >= 0.6 is 0 Å². The van der Waals surface area contributed by atoms with Crippen LogP contribution in [0.15, 0.2) is 78.9 Å². The number of likely N-dealkylation sites (tertiary alicyclic amines) is 1. The van der Waals surface area contributed by atoms with Crippen molar-refractivity contribution in [1.29, 1.82) is 0 Å². The standard InChI is InChI=1S/C33H33NO5/c1-23(35)39-29-8-6-7-25(22-29)30-15-11-26-21-28(37-2)14-16-31(26)32(30)33(36)24-9-12-27(13-10-24)38-20-19-34-17-4-3-5-18-34/h6-16,21-22H,3-5,17-20H2,1-2H3. The van der Waals surface area contributed by atoms with E-state index in [0.29, 0.717) is 23.5 Å². The molecule has 4 aromatic carbocycles. The van der Waals surface area contributed by atoms with E-state index in [-0.39, 0.29) is 5.78 Å². The first-order valence-corrected chi connectivity index (χ1v) is 13.4. The molecule has 1 fully saturated rings. The lowest BCUT2D eigenvalue weighted by Gasteiger charge is -2.26. The number of piperidine rings is 1. The maximum absolute atomic E-state index is 14.0. The molecule has 0 spiro atoms. The highest BCUT2D eigenvalue weighted by atomic mass is 16.5. The molecular formula is C33H33NO5. The fourth-order valence-electron chi connectivity index (χ4n) is 5.14. The van der Waals surface area contributed by atoms with Gasteiger partial charge in [0.15, 0.2) is 5.78 Å². The Morgan fingerprint density at radius 1 is 0.821 bits per heavy atom. The molecule has 0 aliphatic carbocycles. The Hall–Kier alpha value is -4.16. The van der Waals surface area contributed by atoms with Crippen LogP contribution in [0.1, 0.15) is 42.1 Å². The summed E-state index contributed by atoms with van der Waals surface area (Å²) in [6, 6.07) is 24.2. The Kier molecular flexibility index (Phi) is 8.23. The third-order valence-corrected chi connectivity index (χ3v) is 7.10. The minimum absolute atomic E-state index is 0.0986. The van der Waals surface area contributed by atoms with Crippen LogP contribution in [0.5, 0.6) is 17.2 Å². The minimum Gasteiger partial charge on any atom is -0.497 e. The van der Waals surface area contributed by atoms with Gasteiger partial charge >= 0.3 is 5.97 Å². The number of esters is 1. The van der Waals surface area contributed by atoms with E-state index < -0.39 is 5.97 Å². The molecule has 4 aromatic rings. The van der Waals surface area contributed by atoms with Gasteiger partial charge in [0.25, 0.3) is 0 Å². The van der Waals surface area contributed by atoms with Crippen LogP contribution in [0.2, 0.25) is 0 Å². The molecule has 5 rings (SSSR count). The van der Waals surface area contributed by atoms with Crippen molar-refractivity contribution >= 4 is 22.5 Å². The smallest absolute Gasteiger partial charge is 0.308 e. The monoisotopic (exact) mass is 523 g/mol. The topological polar surface area (TPSA) is 65.1 Å². The molecule has 0 radical (unpaired) electrons. The van der Waals surface area contributed by atoms with Gasteiger partial charge in [0.2, 0.25) is 0 Å². The number of carbonyl (C=O) groups is 2. The van der Waals surface area contributed by atoms with Gasteiger partial charge < -0.3 is 14.2 Å². The van der Waals surface area contributed by atoms with Gasteiger partial charge in [-0.25, -0.2) is 0 Å². The van der Waals surface area contributed by atoms with Crippen molar-refractivity contribution in [3.8, 4) is 28.4 Å². The van der Waals surface area contributed by atoms with Gasteiger partial charge in [-0.1, -0.05) is 30.7 Å². The number of ketones is 1. The van der Waals surface area contributed by atoms with Crippen LogP contribution in [0.25, 0.3) is 21.9 Å². The van der Waals surface area contributed by atoms with E-state index in [1.54, 1.807) is 19.2 Å². The van der Waals surface area contributed by atoms with Crippen molar-refractivity contribution in [3.63, 3.8) is 0 Å². The van der Waals surface area contributed by atoms with Crippen LogP contribution in [0.3, 0.4) is 0 Å². The highest BCUT2D eigenvalue weighted by molar-refractivity contribution is 6.20. The van der Waals surface area contributed by atoms with Gasteiger partial charge in [0, 0.05) is 24.6 Å². The Labute approximate surface area is 229 Å². The molecule has 0 atom stereocenters. The van der Waals surface area contributed by atoms with Gasteiger partial charge in [0.05, 0.1) is 7.11 Å². The minimum atomic E-state index is -0.396. The number of hydrogen-bond donors (Lipinski definition) is 0. The van der Waals surface area contributed by atoms with Crippen LogP contribution in [0.4, 0.5) is 0 Å². The van der Waals surface area contributed by atoms with Crippen molar-refractivity contribution in [2.24, 2.45) is 0 Å². The van der Waals surface area contributed by atoms with Crippen molar-refractivity contribution in [2.75, 3.05) is 33.4 Å². The first-order chi connectivity index (χ1) is 19.0. The summed E-state index contributed by atoms with van der Waals surface area (Å²) >= 11 is 0. The molecular weight excluding hydrogens is 490 g/mol. The van der Waals surface area contributed by atoms with Gasteiger partial charge in [-0.05, 0) is 102 Å². The second kappa shape index (κ2) is 12.1. The lowest BCUT2D eigenvalue weighted by Crippen LogP contribution is -2.33.